The summed E-state index contributed by atoms with van der Waals surface area (Å²) >= 11 is 0. The van der Waals surface area contributed by atoms with Crippen molar-refractivity contribution in [2.45, 2.75) is 18.7 Å². The van der Waals surface area contributed by atoms with Crippen LogP contribution >= 0.6 is 0 Å². The molecule has 0 saturated carbocycles. The summed E-state index contributed by atoms with van der Waals surface area (Å²) in [5.41, 5.74) is -0.427. The Hall–Kier alpha value is -2.41. The first kappa shape index (κ1) is 17.9. The highest BCUT2D eigenvalue weighted by Gasteiger charge is 2.31. The summed E-state index contributed by atoms with van der Waals surface area (Å²) in [7, 11) is 0. The van der Waals surface area contributed by atoms with E-state index in [9.17, 15) is 32.6 Å². The van der Waals surface area contributed by atoms with E-state index in [1.165, 1.54) is 12.1 Å². The van der Waals surface area contributed by atoms with Crippen LogP contribution in [0.2, 0.25) is 0 Å². The van der Waals surface area contributed by atoms with E-state index in [1.54, 1.807) is 0 Å². The van der Waals surface area contributed by atoms with Gasteiger partial charge < -0.3 is 10.2 Å². The molecule has 0 saturated heterocycles. The average molecular weight is 342 g/mol. The van der Waals surface area contributed by atoms with Crippen molar-refractivity contribution in [3.05, 3.63) is 71.0 Å². The third kappa shape index (κ3) is 4.32. The van der Waals surface area contributed by atoms with Gasteiger partial charge in [0.2, 0.25) is 0 Å². The number of aliphatic carboxylic acids is 1. The highest BCUT2D eigenvalue weighted by molar-refractivity contribution is 5.71. The molecule has 2 aromatic carbocycles. The Labute approximate surface area is 135 Å². The van der Waals surface area contributed by atoms with Crippen molar-refractivity contribution in [3.8, 4) is 0 Å². The van der Waals surface area contributed by atoms with Crippen LogP contribution in [0.15, 0.2) is 48.5 Å². The van der Waals surface area contributed by atoms with Crippen molar-refractivity contribution in [3.63, 3.8) is 0 Å². The van der Waals surface area contributed by atoms with Crippen LogP contribution in [0.3, 0.4) is 0 Å². The molecule has 2 aromatic rings. The van der Waals surface area contributed by atoms with Crippen LogP contribution in [0.1, 0.15) is 22.8 Å². The molecule has 0 heterocycles. The fourth-order valence-electron chi connectivity index (χ4n) is 2.34. The summed E-state index contributed by atoms with van der Waals surface area (Å²) < 4.78 is 50.8. The van der Waals surface area contributed by atoms with Crippen LogP contribution in [0.25, 0.3) is 0 Å². The van der Waals surface area contributed by atoms with Crippen LogP contribution in [0.4, 0.5) is 17.6 Å². The predicted octanol–water partition coefficient (Wildman–Crippen LogP) is 3.82. The standard InChI is InChI=1S/C17H14F4O3/c18-13-3-1-2-11(9-13)15(22)14(16(23)24)8-10-4-6-12(7-5-10)17(19,20)21/h1-7,9,14-15,22H,8H2,(H,23,24). The molecule has 0 bridgehead atoms. The molecule has 2 rings (SSSR count). The number of rotatable bonds is 5. The zero-order valence-electron chi connectivity index (χ0n) is 12.3. The molecule has 0 aliphatic carbocycles. The van der Waals surface area contributed by atoms with Crippen molar-refractivity contribution in [2.24, 2.45) is 5.92 Å². The fourth-order valence-corrected chi connectivity index (χ4v) is 2.34. The van der Waals surface area contributed by atoms with Gasteiger partial charge in [-0.25, -0.2) is 4.39 Å². The maximum atomic E-state index is 13.2. The Morgan fingerprint density at radius 1 is 1.08 bits per heavy atom. The van der Waals surface area contributed by atoms with Gasteiger partial charge in [0.1, 0.15) is 5.82 Å². The second kappa shape index (κ2) is 7.00. The number of benzene rings is 2. The lowest BCUT2D eigenvalue weighted by Gasteiger charge is -2.20. The third-order valence-electron chi connectivity index (χ3n) is 3.63. The lowest BCUT2D eigenvalue weighted by atomic mass is 9.89. The number of halogens is 4. The minimum atomic E-state index is -4.48. The number of hydrogen-bond acceptors (Lipinski definition) is 2. The SMILES string of the molecule is O=C(O)C(Cc1ccc(C(F)(F)F)cc1)C(O)c1cccc(F)c1. The summed E-state index contributed by atoms with van der Waals surface area (Å²) in [5, 5.41) is 19.5. The molecular weight excluding hydrogens is 328 g/mol. The van der Waals surface area contributed by atoms with Crippen molar-refractivity contribution in [1.82, 2.24) is 0 Å². The minimum Gasteiger partial charge on any atom is -0.481 e. The van der Waals surface area contributed by atoms with E-state index in [-0.39, 0.29) is 12.0 Å². The van der Waals surface area contributed by atoms with Crippen molar-refractivity contribution < 1.29 is 32.6 Å². The van der Waals surface area contributed by atoms with Gasteiger partial charge in [0, 0.05) is 0 Å². The molecule has 0 fully saturated rings. The van der Waals surface area contributed by atoms with Gasteiger partial charge in [0.05, 0.1) is 17.6 Å². The maximum Gasteiger partial charge on any atom is 0.416 e. The first-order valence-electron chi connectivity index (χ1n) is 7.01. The molecule has 24 heavy (non-hydrogen) atoms. The van der Waals surface area contributed by atoms with Crippen LogP contribution in [-0.4, -0.2) is 16.2 Å². The number of aliphatic hydroxyl groups excluding tert-OH is 1. The Bertz CT molecular complexity index is 711. The molecule has 3 nitrogen and oxygen atoms in total. The second-order valence-corrected chi connectivity index (χ2v) is 5.34. The summed E-state index contributed by atoms with van der Waals surface area (Å²) in [6.45, 7) is 0. The molecule has 0 aromatic heterocycles. The van der Waals surface area contributed by atoms with Gasteiger partial charge >= 0.3 is 12.1 Å². The van der Waals surface area contributed by atoms with Gasteiger partial charge in [-0.3, -0.25) is 4.79 Å². The number of alkyl halides is 3. The highest BCUT2D eigenvalue weighted by Crippen LogP contribution is 2.30. The van der Waals surface area contributed by atoms with E-state index in [0.29, 0.717) is 5.56 Å². The van der Waals surface area contributed by atoms with Crippen LogP contribution in [0.5, 0.6) is 0 Å². The molecule has 128 valence electrons. The van der Waals surface area contributed by atoms with E-state index < -0.39 is 35.5 Å². The second-order valence-electron chi connectivity index (χ2n) is 5.34. The van der Waals surface area contributed by atoms with Crippen molar-refractivity contribution >= 4 is 5.97 Å². The van der Waals surface area contributed by atoms with E-state index in [1.807, 2.05) is 0 Å². The summed E-state index contributed by atoms with van der Waals surface area (Å²) in [6.07, 6.45) is -6.16. The highest BCUT2D eigenvalue weighted by atomic mass is 19.4. The largest absolute Gasteiger partial charge is 0.481 e. The first-order chi connectivity index (χ1) is 11.2. The number of carboxylic acid groups (broad SMARTS) is 1. The smallest absolute Gasteiger partial charge is 0.416 e. The average Bonchev–Trinajstić information content (AvgIpc) is 2.51. The Morgan fingerprint density at radius 3 is 2.21 bits per heavy atom. The van der Waals surface area contributed by atoms with Gasteiger partial charge in [-0.05, 0) is 41.8 Å². The lowest BCUT2D eigenvalue weighted by Crippen LogP contribution is -2.24. The normalized spacial score (nSPS) is 14.2. The molecule has 0 amide bonds. The van der Waals surface area contributed by atoms with Gasteiger partial charge in [-0.2, -0.15) is 13.2 Å². The molecule has 0 spiro atoms. The third-order valence-corrected chi connectivity index (χ3v) is 3.63. The maximum absolute atomic E-state index is 13.2. The van der Waals surface area contributed by atoms with E-state index in [0.717, 1.165) is 36.4 Å². The van der Waals surface area contributed by atoms with E-state index >= 15 is 0 Å². The van der Waals surface area contributed by atoms with Gasteiger partial charge in [-0.1, -0.05) is 24.3 Å². The van der Waals surface area contributed by atoms with Gasteiger partial charge in [0.25, 0.3) is 0 Å². The zero-order chi connectivity index (χ0) is 17.9. The molecular formula is C17H14F4O3. The summed E-state index contributed by atoms with van der Waals surface area (Å²) in [6, 6.07) is 8.93. The molecule has 2 atom stereocenters. The molecule has 7 heteroatoms. The Balaban J connectivity index is 2.21. The molecule has 2 N–H and O–H groups in total. The fraction of sp³-hybridized carbons (Fsp3) is 0.235. The van der Waals surface area contributed by atoms with Crippen LogP contribution in [0, 0.1) is 11.7 Å². The summed E-state index contributed by atoms with van der Waals surface area (Å²) in [4.78, 5) is 11.4. The summed E-state index contributed by atoms with van der Waals surface area (Å²) in [5.74, 6) is -3.26. The molecule has 0 radical (unpaired) electrons. The number of carboxylic acids is 1. The monoisotopic (exact) mass is 342 g/mol. The minimum absolute atomic E-state index is 0.0920. The van der Waals surface area contributed by atoms with E-state index in [4.69, 9.17) is 0 Å². The molecule has 0 aliphatic rings. The van der Waals surface area contributed by atoms with Gasteiger partial charge in [-0.15, -0.1) is 0 Å². The van der Waals surface area contributed by atoms with Crippen LogP contribution < -0.4 is 0 Å². The number of aliphatic hydroxyl groups is 1. The lowest BCUT2D eigenvalue weighted by molar-refractivity contribution is -0.146. The zero-order valence-corrected chi connectivity index (χ0v) is 12.3. The Kier molecular flexibility index (Phi) is 5.23. The van der Waals surface area contributed by atoms with E-state index in [2.05, 4.69) is 0 Å². The quantitative estimate of drug-likeness (QED) is 0.812. The van der Waals surface area contributed by atoms with Crippen molar-refractivity contribution in [2.75, 3.05) is 0 Å². The number of hydrogen-bond donors (Lipinski definition) is 2. The van der Waals surface area contributed by atoms with Crippen LogP contribution in [-0.2, 0) is 17.4 Å². The number of carbonyl (C=O) groups is 1. The Morgan fingerprint density at radius 2 is 1.71 bits per heavy atom. The molecule has 2 unspecified atom stereocenters. The van der Waals surface area contributed by atoms with Crippen molar-refractivity contribution in [1.29, 1.82) is 0 Å². The van der Waals surface area contributed by atoms with Gasteiger partial charge in [0.15, 0.2) is 0 Å². The first-order valence-corrected chi connectivity index (χ1v) is 7.01. The predicted molar refractivity (Wildman–Crippen MR) is 77.6 cm³/mol. The molecule has 0 aliphatic heterocycles. The topological polar surface area (TPSA) is 57.5 Å².